The van der Waals surface area contributed by atoms with E-state index in [1.807, 2.05) is 19.2 Å². The topological polar surface area (TPSA) is 127 Å². The van der Waals surface area contributed by atoms with Gasteiger partial charge in [0.05, 0.1) is 18.5 Å². The van der Waals surface area contributed by atoms with Crippen molar-refractivity contribution in [3.8, 4) is 16.9 Å². The molecular formula is C24H32N6O4. The standard InChI is InChI=1S/C24H32N6O4/c1-23(2,3)34-22(31)28-17-7-6-15(12-18(17)33-5)16-13-19(24(32)8-10-29(4)11-9-24)30-20(16)21(25)26-14-27-30/h6-7,12-14,32H,8-11H2,1-5H3,(H,28,31)(H2,25,26,27). The van der Waals surface area contributed by atoms with E-state index in [1.165, 1.54) is 13.4 Å². The van der Waals surface area contributed by atoms with Gasteiger partial charge in [-0.2, -0.15) is 5.10 Å². The summed E-state index contributed by atoms with van der Waals surface area (Å²) in [4.78, 5) is 18.6. The van der Waals surface area contributed by atoms with E-state index in [-0.39, 0.29) is 0 Å². The number of ether oxygens (including phenoxy) is 2. The molecule has 3 aromatic rings. The van der Waals surface area contributed by atoms with Crippen LogP contribution < -0.4 is 15.8 Å². The van der Waals surface area contributed by atoms with E-state index in [1.54, 1.807) is 37.4 Å². The van der Waals surface area contributed by atoms with Crippen LogP contribution in [0.25, 0.3) is 16.6 Å². The number of hydrogen-bond acceptors (Lipinski definition) is 8. The van der Waals surface area contributed by atoms with Crippen molar-refractivity contribution >= 4 is 23.1 Å². The number of amides is 1. The third-order valence-corrected chi connectivity index (χ3v) is 6.02. The quantitative estimate of drug-likeness (QED) is 0.533. The molecule has 182 valence electrons. The Bertz CT molecular complexity index is 1210. The number of rotatable bonds is 4. The Morgan fingerprint density at radius 1 is 1.24 bits per heavy atom. The third-order valence-electron chi connectivity index (χ3n) is 6.02. The first-order valence-electron chi connectivity index (χ1n) is 11.2. The number of nitrogens with two attached hydrogens (primary N) is 1. The van der Waals surface area contributed by atoms with Crippen LogP contribution in [0.2, 0.25) is 0 Å². The van der Waals surface area contributed by atoms with Gasteiger partial charge in [0, 0.05) is 18.7 Å². The Morgan fingerprint density at radius 3 is 2.59 bits per heavy atom. The van der Waals surface area contributed by atoms with E-state index in [0.29, 0.717) is 41.3 Å². The lowest BCUT2D eigenvalue weighted by atomic mass is 9.88. The number of likely N-dealkylation sites (tertiary alicyclic amines) is 1. The second-order valence-corrected chi connectivity index (χ2v) is 9.73. The van der Waals surface area contributed by atoms with Crippen LogP contribution in [-0.2, 0) is 10.3 Å². The highest BCUT2D eigenvalue weighted by Crippen LogP contribution is 2.40. The molecule has 0 unspecified atom stereocenters. The molecule has 34 heavy (non-hydrogen) atoms. The molecule has 0 saturated carbocycles. The number of aliphatic hydroxyl groups is 1. The zero-order valence-electron chi connectivity index (χ0n) is 20.3. The maximum Gasteiger partial charge on any atom is 0.412 e. The van der Waals surface area contributed by atoms with Gasteiger partial charge in [0.15, 0.2) is 5.82 Å². The molecule has 1 saturated heterocycles. The summed E-state index contributed by atoms with van der Waals surface area (Å²) in [5, 5.41) is 18.6. The first kappa shape index (κ1) is 23.8. The summed E-state index contributed by atoms with van der Waals surface area (Å²) >= 11 is 0. The van der Waals surface area contributed by atoms with Crippen molar-refractivity contribution in [1.82, 2.24) is 19.5 Å². The van der Waals surface area contributed by atoms with Crippen molar-refractivity contribution < 1.29 is 19.4 Å². The van der Waals surface area contributed by atoms with Crippen LogP contribution >= 0.6 is 0 Å². The molecule has 2 aromatic heterocycles. The van der Waals surface area contributed by atoms with Gasteiger partial charge >= 0.3 is 6.09 Å². The lowest BCUT2D eigenvalue weighted by molar-refractivity contribution is -0.0251. The largest absolute Gasteiger partial charge is 0.495 e. The van der Waals surface area contributed by atoms with Gasteiger partial charge in [-0.15, -0.1) is 0 Å². The van der Waals surface area contributed by atoms with E-state index in [9.17, 15) is 9.90 Å². The van der Waals surface area contributed by atoms with Crippen LogP contribution in [-0.4, -0.2) is 63.5 Å². The Morgan fingerprint density at radius 2 is 1.94 bits per heavy atom. The van der Waals surface area contributed by atoms with Crippen molar-refractivity contribution in [1.29, 1.82) is 0 Å². The molecule has 1 aliphatic heterocycles. The van der Waals surface area contributed by atoms with Crippen molar-refractivity contribution in [2.75, 3.05) is 38.3 Å². The minimum atomic E-state index is -1.03. The van der Waals surface area contributed by atoms with Crippen molar-refractivity contribution in [2.45, 2.75) is 44.8 Å². The van der Waals surface area contributed by atoms with Crippen LogP contribution in [0.5, 0.6) is 5.75 Å². The van der Waals surface area contributed by atoms with Crippen LogP contribution in [0, 0.1) is 0 Å². The van der Waals surface area contributed by atoms with Gasteiger partial charge in [0.2, 0.25) is 0 Å². The summed E-state index contributed by atoms with van der Waals surface area (Å²) in [6.45, 7) is 6.95. The van der Waals surface area contributed by atoms with Crippen molar-refractivity contribution in [3.63, 3.8) is 0 Å². The number of nitrogen functional groups attached to an aromatic ring is 1. The number of aromatic nitrogens is 3. The summed E-state index contributed by atoms with van der Waals surface area (Å²) in [6, 6.07) is 7.31. The summed E-state index contributed by atoms with van der Waals surface area (Å²) in [5.74, 6) is 0.764. The zero-order chi connectivity index (χ0) is 24.7. The average Bonchev–Trinajstić information content (AvgIpc) is 3.17. The summed E-state index contributed by atoms with van der Waals surface area (Å²) in [5.41, 5.74) is 7.92. The number of carbonyl (C=O) groups excluding carboxylic acids is 1. The predicted molar refractivity (Wildman–Crippen MR) is 130 cm³/mol. The van der Waals surface area contributed by atoms with Gasteiger partial charge in [0.25, 0.3) is 0 Å². The second kappa shape index (κ2) is 8.77. The third kappa shape index (κ3) is 4.64. The Hall–Kier alpha value is -3.37. The molecule has 1 aliphatic rings. The first-order valence-corrected chi connectivity index (χ1v) is 11.2. The summed E-state index contributed by atoms with van der Waals surface area (Å²) in [6.07, 6.45) is 1.99. The van der Waals surface area contributed by atoms with Gasteiger partial charge in [0.1, 0.15) is 28.8 Å². The monoisotopic (exact) mass is 468 g/mol. The predicted octanol–water partition coefficient (Wildman–Crippen LogP) is 3.25. The van der Waals surface area contributed by atoms with Gasteiger partial charge in [-0.05, 0) is 64.4 Å². The second-order valence-electron chi connectivity index (χ2n) is 9.73. The Balaban J connectivity index is 1.76. The Kier molecular flexibility index (Phi) is 6.13. The van der Waals surface area contributed by atoms with E-state index in [0.717, 1.165) is 24.2 Å². The molecule has 3 heterocycles. The maximum absolute atomic E-state index is 12.3. The minimum Gasteiger partial charge on any atom is -0.495 e. The fourth-order valence-electron chi connectivity index (χ4n) is 4.24. The fraction of sp³-hybridized carbons (Fsp3) is 0.458. The van der Waals surface area contributed by atoms with Gasteiger partial charge in [-0.25, -0.2) is 14.3 Å². The molecule has 4 N–H and O–H groups in total. The lowest BCUT2D eigenvalue weighted by Gasteiger charge is -2.36. The summed E-state index contributed by atoms with van der Waals surface area (Å²) < 4.78 is 12.6. The lowest BCUT2D eigenvalue weighted by Crippen LogP contribution is -2.41. The molecule has 10 nitrogen and oxygen atoms in total. The highest BCUT2D eigenvalue weighted by molar-refractivity contribution is 5.92. The number of carbonyl (C=O) groups is 1. The molecule has 0 spiro atoms. The highest BCUT2D eigenvalue weighted by atomic mass is 16.6. The summed E-state index contributed by atoms with van der Waals surface area (Å²) in [7, 11) is 3.57. The number of anilines is 2. The smallest absolute Gasteiger partial charge is 0.412 e. The molecule has 0 radical (unpaired) electrons. The van der Waals surface area contributed by atoms with Crippen LogP contribution in [0.4, 0.5) is 16.3 Å². The van der Waals surface area contributed by atoms with E-state index >= 15 is 0 Å². The molecule has 1 aromatic carbocycles. The first-order chi connectivity index (χ1) is 16.0. The fourth-order valence-corrected chi connectivity index (χ4v) is 4.24. The van der Waals surface area contributed by atoms with Crippen molar-refractivity contribution in [2.24, 2.45) is 0 Å². The number of fused-ring (bicyclic) bond motifs is 1. The molecule has 4 rings (SSSR count). The van der Waals surface area contributed by atoms with Crippen molar-refractivity contribution in [3.05, 3.63) is 36.3 Å². The molecule has 0 atom stereocenters. The van der Waals surface area contributed by atoms with Crippen LogP contribution in [0.15, 0.2) is 30.6 Å². The maximum atomic E-state index is 12.3. The van der Waals surface area contributed by atoms with Crippen LogP contribution in [0.1, 0.15) is 39.3 Å². The number of nitrogens with zero attached hydrogens (tertiary/aromatic N) is 4. The molecule has 1 amide bonds. The number of piperidine rings is 1. The molecule has 0 bridgehead atoms. The number of benzene rings is 1. The van der Waals surface area contributed by atoms with Gasteiger partial charge < -0.3 is 25.2 Å². The van der Waals surface area contributed by atoms with E-state index < -0.39 is 17.3 Å². The number of nitrogens with one attached hydrogen (secondary N) is 1. The normalized spacial score (nSPS) is 16.4. The average molecular weight is 469 g/mol. The SMILES string of the molecule is COc1cc(-c2cc(C3(O)CCN(C)CC3)n3ncnc(N)c23)ccc1NC(=O)OC(C)(C)C. The molecule has 10 heteroatoms. The number of methoxy groups -OCH3 is 1. The minimum absolute atomic E-state index is 0.308. The molecular weight excluding hydrogens is 436 g/mol. The van der Waals surface area contributed by atoms with Gasteiger partial charge in [-0.1, -0.05) is 6.07 Å². The van der Waals surface area contributed by atoms with Crippen LogP contribution in [0.3, 0.4) is 0 Å². The van der Waals surface area contributed by atoms with E-state index in [2.05, 4.69) is 20.3 Å². The molecule has 0 aliphatic carbocycles. The van der Waals surface area contributed by atoms with E-state index in [4.69, 9.17) is 15.2 Å². The van der Waals surface area contributed by atoms with Gasteiger partial charge in [-0.3, -0.25) is 5.32 Å². The molecule has 1 fully saturated rings. The zero-order valence-corrected chi connectivity index (χ0v) is 20.3. The highest BCUT2D eigenvalue weighted by Gasteiger charge is 2.37. The number of hydrogen-bond donors (Lipinski definition) is 3. The Labute approximate surface area is 198 Å².